The molecule has 0 aliphatic heterocycles. The number of amides is 1. The molecule has 1 aromatic carbocycles. The van der Waals surface area contributed by atoms with Crippen LogP contribution in [0.1, 0.15) is 27.3 Å². The van der Waals surface area contributed by atoms with Gasteiger partial charge in [-0.15, -0.1) is 0 Å². The number of halogens is 3. The zero-order valence-corrected chi connectivity index (χ0v) is 15.2. The Bertz CT molecular complexity index is 978. The highest BCUT2D eigenvalue weighted by molar-refractivity contribution is 5.92. The van der Waals surface area contributed by atoms with E-state index in [1.165, 1.54) is 29.1 Å². The van der Waals surface area contributed by atoms with Crippen molar-refractivity contribution < 1.29 is 22.7 Å². The zero-order valence-electron chi connectivity index (χ0n) is 15.2. The molecule has 1 N–H and O–H groups in total. The topological polar surface area (TPSA) is 74.0 Å². The van der Waals surface area contributed by atoms with Crippen LogP contribution in [-0.4, -0.2) is 25.5 Å². The van der Waals surface area contributed by atoms with Gasteiger partial charge in [0.05, 0.1) is 11.8 Å². The second-order valence-corrected chi connectivity index (χ2v) is 6.10. The number of rotatable bonds is 6. The standard InChI is InChI=1S/C18H18F3N5O2/c1-12-13(10-23-25(12)2)9-22-17(27)16-6-7-26(24-16)11-28-15-5-3-4-14(8-15)18(19,20)21/h3-8,10H,9,11H2,1-2H3,(H,22,27). The summed E-state index contributed by atoms with van der Waals surface area (Å²) in [6, 6.07) is 6.06. The Morgan fingerprint density at radius 3 is 2.75 bits per heavy atom. The minimum atomic E-state index is -4.44. The lowest BCUT2D eigenvalue weighted by atomic mass is 10.2. The van der Waals surface area contributed by atoms with Crippen LogP contribution in [-0.2, 0) is 26.5 Å². The molecule has 148 valence electrons. The number of nitrogens with one attached hydrogen (secondary N) is 1. The largest absolute Gasteiger partial charge is 0.471 e. The van der Waals surface area contributed by atoms with Gasteiger partial charge in [-0.1, -0.05) is 6.07 Å². The van der Waals surface area contributed by atoms with Crippen LogP contribution >= 0.6 is 0 Å². The van der Waals surface area contributed by atoms with Gasteiger partial charge in [0.2, 0.25) is 0 Å². The van der Waals surface area contributed by atoms with Gasteiger partial charge in [-0.2, -0.15) is 23.4 Å². The number of nitrogens with zero attached hydrogens (tertiary/aromatic N) is 4. The lowest BCUT2D eigenvalue weighted by molar-refractivity contribution is -0.137. The number of alkyl halides is 3. The van der Waals surface area contributed by atoms with Crippen LogP contribution in [0.4, 0.5) is 13.2 Å². The molecule has 0 spiro atoms. The summed E-state index contributed by atoms with van der Waals surface area (Å²) >= 11 is 0. The van der Waals surface area contributed by atoms with Crippen LogP contribution in [0.25, 0.3) is 0 Å². The highest BCUT2D eigenvalue weighted by Crippen LogP contribution is 2.31. The summed E-state index contributed by atoms with van der Waals surface area (Å²) in [4.78, 5) is 12.2. The maximum atomic E-state index is 12.7. The SMILES string of the molecule is Cc1c(CNC(=O)c2ccn(COc3cccc(C(F)(F)F)c3)n2)cnn1C. The highest BCUT2D eigenvalue weighted by Gasteiger charge is 2.30. The van der Waals surface area contributed by atoms with Crippen molar-refractivity contribution >= 4 is 5.91 Å². The Labute approximate surface area is 158 Å². The highest BCUT2D eigenvalue weighted by atomic mass is 19.4. The molecule has 0 unspecified atom stereocenters. The van der Waals surface area contributed by atoms with Crippen LogP contribution in [0.2, 0.25) is 0 Å². The predicted octanol–water partition coefficient (Wildman–Crippen LogP) is 2.91. The van der Waals surface area contributed by atoms with Crippen molar-refractivity contribution in [3.8, 4) is 5.75 Å². The summed E-state index contributed by atoms with van der Waals surface area (Å²) < 4.78 is 46.5. The molecule has 0 radical (unpaired) electrons. The summed E-state index contributed by atoms with van der Waals surface area (Å²) in [7, 11) is 1.81. The third kappa shape index (κ3) is 4.51. The number of hydrogen-bond donors (Lipinski definition) is 1. The lowest BCUT2D eigenvalue weighted by Crippen LogP contribution is -2.24. The first-order valence-corrected chi connectivity index (χ1v) is 8.33. The van der Waals surface area contributed by atoms with Crippen molar-refractivity contribution in [2.45, 2.75) is 26.4 Å². The molecule has 3 rings (SSSR count). The third-order valence-corrected chi connectivity index (χ3v) is 4.17. The normalized spacial score (nSPS) is 11.5. The number of benzene rings is 1. The Balaban J connectivity index is 1.57. The second kappa shape index (κ2) is 7.75. The van der Waals surface area contributed by atoms with Crippen LogP contribution in [0.5, 0.6) is 5.75 Å². The van der Waals surface area contributed by atoms with E-state index in [1.54, 1.807) is 10.9 Å². The number of carbonyl (C=O) groups is 1. The molecule has 0 atom stereocenters. The first-order chi connectivity index (χ1) is 13.2. The van der Waals surface area contributed by atoms with Gasteiger partial charge in [0, 0.05) is 31.0 Å². The molecule has 3 aromatic rings. The van der Waals surface area contributed by atoms with Gasteiger partial charge in [-0.05, 0) is 31.2 Å². The van der Waals surface area contributed by atoms with E-state index in [9.17, 15) is 18.0 Å². The average molecular weight is 393 g/mol. The molecular weight excluding hydrogens is 375 g/mol. The average Bonchev–Trinajstić information content (AvgIpc) is 3.25. The maximum absolute atomic E-state index is 12.7. The van der Waals surface area contributed by atoms with E-state index in [0.717, 1.165) is 23.4 Å². The Morgan fingerprint density at radius 2 is 2.07 bits per heavy atom. The molecule has 1 amide bonds. The quantitative estimate of drug-likeness (QED) is 0.699. The van der Waals surface area contributed by atoms with Gasteiger partial charge in [0.15, 0.2) is 6.73 Å². The van der Waals surface area contributed by atoms with Crippen LogP contribution in [0.3, 0.4) is 0 Å². The molecular formula is C18H18F3N5O2. The minimum Gasteiger partial charge on any atom is -0.471 e. The van der Waals surface area contributed by atoms with Crippen molar-refractivity contribution in [3.05, 3.63) is 65.2 Å². The fourth-order valence-corrected chi connectivity index (χ4v) is 2.44. The summed E-state index contributed by atoms with van der Waals surface area (Å²) in [5, 5.41) is 10.9. The third-order valence-electron chi connectivity index (χ3n) is 4.17. The zero-order chi connectivity index (χ0) is 20.3. The molecule has 0 bridgehead atoms. The Kier molecular flexibility index (Phi) is 5.39. The molecule has 7 nitrogen and oxygen atoms in total. The van der Waals surface area contributed by atoms with Gasteiger partial charge in [-0.25, -0.2) is 4.68 Å². The van der Waals surface area contributed by atoms with Gasteiger partial charge in [0.1, 0.15) is 11.4 Å². The monoisotopic (exact) mass is 393 g/mol. The van der Waals surface area contributed by atoms with Crippen LogP contribution < -0.4 is 10.1 Å². The molecule has 0 saturated heterocycles. The van der Waals surface area contributed by atoms with Crippen LogP contribution in [0.15, 0.2) is 42.7 Å². The van der Waals surface area contributed by atoms with Gasteiger partial charge in [-0.3, -0.25) is 9.48 Å². The fraction of sp³-hybridized carbons (Fsp3) is 0.278. The lowest BCUT2D eigenvalue weighted by Gasteiger charge is -2.10. The molecule has 0 saturated carbocycles. The van der Waals surface area contributed by atoms with E-state index in [4.69, 9.17) is 4.74 Å². The summed E-state index contributed by atoms with van der Waals surface area (Å²) in [6.45, 7) is 2.08. The van der Waals surface area contributed by atoms with E-state index < -0.39 is 11.7 Å². The first-order valence-electron chi connectivity index (χ1n) is 8.33. The van der Waals surface area contributed by atoms with Gasteiger partial charge < -0.3 is 10.1 Å². The Morgan fingerprint density at radius 1 is 1.29 bits per heavy atom. The summed E-state index contributed by atoms with van der Waals surface area (Å²) in [6.07, 6.45) is -1.25. The number of aryl methyl sites for hydroxylation is 1. The number of ether oxygens (including phenoxy) is 1. The van der Waals surface area contributed by atoms with E-state index in [-0.39, 0.29) is 24.1 Å². The summed E-state index contributed by atoms with van der Waals surface area (Å²) in [5.41, 5.74) is 1.22. The van der Waals surface area contributed by atoms with Crippen LogP contribution in [0, 0.1) is 6.92 Å². The van der Waals surface area contributed by atoms with Crippen molar-refractivity contribution in [2.75, 3.05) is 0 Å². The minimum absolute atomic E-state index is 0.0587. The molecule has 0 aliphatic rings. The Hall–Kier alpha value is -3.30. The smallest absolute Gasteiger partial charge is 0.416 e. The van der Waals surface area contributed by atoms with Crippen molar-refractivity contribution in [1.29, 1.82) is 0 Å². The van der Waals surface area contributed by atoms with Crippen molar-refractivity contribution in [1.82, 2.24) is 24.9 Å². The van der Waals surface area contributed by atoms with Crippen molar-refractivity contribution in [2.24, 2.45) is 7.05 Å². The van der Waals surface area contributed by atoms with E-state index >= 15 is 0 Å². The molecule has 10 heteroatoms. The summed E-state index contributed by atoms with van der Waals surface area (Å²) in [5.74, 6) is -0.315. The fourth-order valence-electron chi connectivity index (χ4n) is 2.44. The molecule has 0 aliphatic carbocycles. The van der Waals surface area contributed by atoms with E-state index in [2.05, 4.69) is 15.5 Å². The van der Waals surface area contributed by atoms with E-state index in [1.807, 2.05) is 14.0 Å². The number of aromatic nitrogens is 4. The number of hydrogen-bond acceptors (Lipinski definition) is 4. The van der Waals surface area contributed by atoms with E-state index in [0.29, 0.717) is 6.54 Å². The second-order valence-electron chi connectivity index (χ2n) is 6.10. The number of carbonyl (C=O) groups excluding carboxylic acids is 1. The molecule has 0 fully saturated rings. The molecule has 28 heavy (non-hydrogen) atoms. The maximum Gasteiger partial charge on any atom is 0.416 e. The first kappa shape index (κ1) is 19.5. The predicted molar refractivity (Wildman–Crippen MR) is 93.4 cm³/mol. The molecule has 2 aromatic heterocycles. The van der Waals surface area contributed by atoms with Gasteiger partial charge in [0.25, 0.3) is 5.91 Å². The molecule has 2 heterocycles. The van der Waals surface area contributed by atoms with Gasteiger partial charge >= 0.3 is 6.18 Å². The van der Waals surface area contributed by atoms with Crippen molar-refractivity contribution in [3.63, 3.8) is 0 Å².